The van der Waals surface area contributed by atoms with Crippen molar-refractivity contribution in [1.29, 1.82) is 0 Å². The maximum absolute atomic E-state index is 12.2. The van der Waals surface area contributed by atoms with Crippen molar-refractivity contribution in [3.63, 3.8) is 0 Å². The van der Waals surface area contributed by atoms with Crippen LogP contribution in [-0.4, -0.2) is 42.6 Å². The summed E-state index contributed by atoms with van der Waals surface area (Å²) < 4.78 is 64.2. The average molecular weight is 436 g/mol. The Bertz CT molecular complexity index is 952. The first-order valence-corrected chi connectivity index (χ1v) is 10.7. The van der Waals surface area contributed by atoms with Crippen LogP contribution in [0.5, 0.6) is 6.01 Å². The minimum absolute atomic E-state index is 0.0527. The maximum Gasteiger partial charge on any atom is 0.422 e. The number of nitrogens with zero attached hydrogens (tertiary/aromatic N) is 3. The Balaban J connectivity index is 1.71. The van der Waals surface area contributed by atoms with Crippen LogP contribution in [0.3, 0.4) is 0 Å². The summed E-state index contributed by atoms with van der Waals surface area (Å²) in [4.78, 5) is 9.82. The Hall–Kier alpha value is -1.91. The Labute approximate surface area is 164 Å². The van der Waals surface area contributed by atoms with Gasteiger partial charge in [-0.1, -0.05) is 6.07 Å². The average Bonchev–Trinajstić information content (AvgIpc) is 2.64. The fourth-order valence-electron chi connectivity index (χ4n) is 3.01. The number of fused-ring (bicyclic) bond motifs is 1. The van der Waals surface area contributed by atoms with Crippen LogP contribution in [-0.2, 0) is 22.0 Å². The van der Waals surface area contributed by atoms with Gasteiger partial charge >= 0.3 is 12.2 Å². The summed E-state index contributed by atoms with van der Waals surface area (Å²) in [6.07, 6.45) is -0.862. The Kier molecular flexibility index (Phi) is 5.83. The molecule has 0 N–H and O–H groups in total. The monoisotopic (exact) mass is 435 g/mol. The molecule has 1 atom stereocenters. The number of benzene rings is 1. The molecule has 0 saturated carbocycles. The minimum atomic E-state index is -4.45. The van der Waals surface area contributed by atoms with E-state index in [0.717, 1.165) is 24.1 Å². The fourth-order valence-corrected chi connectivity index (χ4v) is 3.81. The number of alkyl halides is 3. The van der Waals surface area contributed by atoms with E-state index in [0.29, 0.717) is 12.1 Å². The molecule has 0 unspecified atom stereocenters. The van der Waals surface area contributed by atoms with Crippen molar-refractivity contribution >= 4 is 19.7 Å². The lowest BCUT2D eigenvalue weighted by molar-refractivity contribution is -0.154. The summed E-state index contributed by atoms with van der Waals surface area (Å²) in [6, 6.07) is 4.37. The quantitative estimate of drug-likeness (QED) is 0.670. The van der Waals surface area contributed by atoms with Gasteiger partial charge in [0, 0.05) is 47.8 Å². The zero-order valence-corrected chi connectivity index (χ0v) is 16.4. The third kappa shape index (κ3) is 5.12. The first-order valence-electron chi connectivity index (χ1n) is 8.35. The summed E-state index contributed by atoms with van der Waals surface area (Å²) in [5.74, 6) is 0. The SMILES string of the molecule is C[C@H](c1cnc(OCC(F)(F)F)nc1)N1CCc2ccc(S(=O)(=O)Cl)cc2C1. The number of halogens is 4. The zero-order chi connectivity index (χ0) is 20.5. The normalized spacial score (nSPS) is 16.5. The largest absolute Gasteiger partial charge is 0.454 e. The smallest absolute Gasteiger partial charge is 0.422 e. The number of rotatable bonds is 5. The Morgan fingerprint density at radius 3 is 2.54 bits per heavy atom. The highest BCUT2D eigenvalue weighted by Crippen LogP contribution is 2.29. The predicted molar refractivity (Wildman–Crippen MR) is 95.6 cm³/mol. The standard InChI is InChI=1S/C17H17ClF3N3O3S/c1-11(14-7-22-16(23-8-14)27-10-17(19,20)21)24-5-4-12-2-3-15(28(18,25)26)6-13(12)9-24/h2-3,6-8,11H,4-5,9-10H2,1H3/t11-/m1/s1. The van der Waals surface area contributed by atoms with Gasteiger partial charge in [0.1, 0.15) is 0 Å². The van der Waals surface area contributed by atoms with Crippen LogP contribution in [0, 0.1) is 0 Å². The third-order valence-corrected chi connectivity index (χ3v) is 5.90. The molecule has 0 radical (unpaired) electrons. The molecule has 28 heavy (non-hydrogen) atoms. The molecule has 0 spiro atoms. The van der Waals surface area contributed by atoms with Gasteiger partial charge in [0.15, 0.2) is 6.61 Å². The molecule has 2 aromatic rings. The molecule has 1 aliphatic heterocycles. The topological polar surface area (TPSA) is 72.4 Å². The maximum atomic E-state index is 12.2. The molecule has 0 fully saturated rings. The number of ether oxygens (including phenoxy) is 1. The van der Waals surface area contributed by atoms with Crippen LogP contribution >= 0.6 is 10.7 Å². The van der Waals surface area contributed by atoms with Crippen molar-refractivity contribution in [2.75, 3.05) is 13.2 Å². The van der Waals surface area contributed by atoms with E-state index in [-0.39, 0.29) is 16.9 Å². The van der Waals surface area contributed by atoms with Crippen molar-refractivity contribution in [1.82, 2.24) is 14.9 Å². The van der Waals surface area contributed by atoms with Gasteiger partial charge in [0.05, 0.1) is 4.90 Å². The second-order valence-electron chi connectivity index (χ2n) is 6.47. The fraction of sp³-hybridized carbons (Fsp3) is 0.412. The Morgan fingerprint density at radius 1 is 1.25 bits per heavy atom. The van der Waals surface area contributed by atoms with Crippen molar-refractivity contribution in [2.45, 2.75) is 37.0 Å². The van der Waals surface area contributed by atoms with Crippen LogP contribution in [0.4, 0.5) is 13.2 Å². The lowest BCUT2D eigenvalue weighted by Crippen LogP contribution is -2.33. The molecule has 0 saturated heterocycles. The molecule has 1 aliphatic rings. The molecule has 3 rings (SSSR count). The van der Waals surface area contributed by atoms with Gasteiger partial charge in [-0.3, -0.25) is 4.90 Å². The van der Waals surface area contributed by atoms with E-state index in [2.05, 4.69) is 19.6 Å². The summed E-state index contributed by atoms with van der Waals surface area (Å²) in [6.45, 7) is 1.70. The van der Waals surface area contributed by atoms with Crippen LogP contribution in [0.2, 0.25) is 0 Å². The third-order valence-electron chi connectivity index (χ3n) is 4.54. The molecule has 1 aromatic heterocycles. The van der Waals surface area contributed by atoms with E-state index in [1.54, 1.807) is 12.1 Å². The first-order chi connectivity index (χ1) is 13.0. The molecule has 2 heterocycles. The molecular formula is C17H17ClF3N3O3S. The van der Waals surface area contributed by atoms with Gasteiger partial charge in [-0.25, -0.2) is 18.4 Å². The molecule has 0 amide bonds. The van der Waals surface area contributed by atoms with Gasteiger partial charge in [-0.05, 0) is 36.6 Å². The number of hydrogen-bond acceptors (Lipinski definition) is 6. The van der Waals surface area contributed by atoms with Crippen molar-refractivity contribution in [3.05, 3.63) is 47.3 Å². The lowest BCUT2D eigenvalue weighted by Gasteiger charge is -2.33. The molecule has 152 valence electrons. The van der Waals surface area contributed by atoms with Gasteiger partial charge < -0.3 is 4.74 Å². The molecule has 1 aromatic carbocycles. The van der Waals surface area contributed by atoms with Crippen molar-refractivity contribution in [3.8, 4) is 6.01 Å². The molecule has 6 nitrogen and oxygen atoms in total. The summed E-state index contributed by atoms with van der Waals surface area (Å²) in [7, 11) is 1.62. The highest BCUT2D eigenvalue weighted by Gasteiger charge is 2.29. The molecule has 0 aliphatic carbocycles. The highest BCUT2D eigenvalue weighted by atomic mass is 35.7. The highest BCUT2D eigenvalue weighted by molar-refractivity contribution is 8.13. The molecule has 0 bridgehead atoms. The Morgan fingerprint density at radius 2 is 1.93 bits per heavy atom. The van der Waals surface area contributed by atoms with Crippen LogP contribution in [0.25, 0.3) is 0 Å². The summed E-state index contributed by atoms with van der Waals surface area (Å²) in [5, 5.41) is 0. The summed E-state index contributed by atoms with van der Waals surface area (Å²) >= 11 is 0. The second kappa shape index (κ2) is 7.84. The first kappa shape index (κ1) is 20.8. The van der Waals surface area contributed by atoms with Gasteiger partial charge in [0.2, 0.25) is 0 Å². The second-order valence-corrected chi connectivity index (χ2v) is 9.03. The van der Waals surface area contributed by atoms with Crippen molar-refractivity contribution in [2.24, 2.45) is 0 Å². The van der Waals surface area contributed by atoms with E-state index >= 15 is 0 Å². The predicted octanol–water partition coefficient (Wildman–Crippen LogP) is 3.46. The van der Waals surface area contributed by atoms with Crippen LogP contribution < -0.4 is 4.74 Å². The van der Waals surface area contributed by atoms with E-state index in [1.807, 2.05) is 6.92 Å². The minimum Gasteiger partial charge on any atom is -0.454 e. The van der Waals surface area contributed by atoms with Gasteiger partial charge in [0.25, 0.3) is 9.05 Å². The van der Waals surface area contributed by atoms with E-state index in [4.69, 9.17) is 10.7 Å². The van der Waals surface area contributed by atoms with E-state index in [9.17, 15) is 21.6 Å². The molecular weight excluding hydrogens is 419 g/mol. The van der Waals surface area contributed by atoms with Gasteiger partial charge in [-0.15, -0.1) is 0 Å². The van der Waals surface area contributed by atoms with Crippen LogP contribution in [0.15, 0.2) is 35.5 Å². The summed E-state index contributed by atoms with van der Waals surface area (Å²) in [5.41, 5.74) is 2.63. The van der Waals surface area contributed by atoms with Crippen LogP contribution in [0.1, 0.15) is 29.7 Å². The van der Waals surface area contributed by atoms with Crippen molar-refractivity contribution < 1.29 is 26.3 Å². The number of hydrogen-bond donors (Lipinski definition) is 0. The van der Waals surface area contributed by atoms with Gasteiger partial charge in [-0.2, -0.15) is 13.2 Å². The van der Waals surface area contributed by atoms with E-state index < -0.39 is 21.8 Å². The number of aromatic nitrogens is 2. The zero-order valence-electron chi connectivity index (χ0n) is 14.8. The van der Waals surface area contributed by atoms with E-state index in [1.165, 1.54) is 18.5 Å². The molecule has 11 heteroatoms. The lowest BCUT2D eigenvalue weighted by atomic mass is 9.97.